The fourth-order valence-corrected chi connectivity index (χ4v) is 4.84. The number of nitrogens with one attached hydrogen (secondary N) is 1. The lowest BCUT2D eigenvalue weighted by atomic mass is 9.86. The molecule has 4 nitrogen and oxygen atoms in total. The van der Waals surface area contributed by atoms with Crippen molar-refractivity contribution in [2.24, 2.45) is 5.92 Å². The van der Waals surface area contributed by atoms with Crippen molar-refractivity contribution in [3.63, 3.8) is 0 Å². The van der Waals surface area contributed by atoms with Gasteiger partial charge in [0.2, 0.25) is 5.91 Å². The minimum atomic E-state index is 0.438. The largest absolute Gasteiger partial charge is 0.338 e. The first-order chi connectivity index (χ1) is 11.8. The highest BCUT2D eigenvalue weighted by Gasteiger charge is 2.27. The van der Waals surface area contributed by atoms with Gasteiger partial charge in [-0.2, -0.15) is 0 Å². The fraction of sp³-hybridized carbons (Fsp3) is 0.950. The summed E-state index contributed by atoms with van der Waals surface area (Å²) in [6.07, 6.45) is 13.6. The third kappa shape index (κ3) is 5.45. The van der Waals surface area contributed by atoms with Gasteiger partial charge >= 0.3 is 0 Å². The number of rotatable bonds is 7. The first-order valence-electron chi connectivity index (χ1n) is 10.6. The molecule has 3 fully saturated rings. The Labute approximate surface area is 148 Å². The molecule has 3 rings (SSSR count). The average Bonchev–Trinajstić information content (AvgIpc) is 3.14. The van der Waals surface area contributed by atoms with Crippen LogP contribution in [0.1, 0.15) is 70.6 Å². The molecular formula is C20H37N3O. The number of carbonyl (C=O) groups is 1. The number of carbonyl (C=O) groups excluding carboxylic acids is 1. The monoisotopic (exact) mass is 335 g/mol. The van der Waals surface area contributed by atoms with E-state index in [0.29, 0.717) is 17.9 Å². The zero-order chi connectivity index (χ0) is 16.6. The molecule has 4 heteroatoms. The molecule has 0 bridgehead atoms. The maximum absolute atomic E-state index is 13.0. The molecule has 2 aliphatic heterocycles. The van der Waals surface area contributed by atoms with Gasteiger partial charge in [-0.25, -0.2) is 0 Å². The first-order valence-corrected chi connectivity index (χ1v) is 10.6. The van der Waals surface area contributed by atoms with Crippen LogP contribution in [-0.4, -0.2) is 61.0 Å². The molecule has 2 saturated heterocycles. The third-order valence-corrected chi connectivity index (χ3v) is 6.29. The van der Waals surface area contributed by atoms with Crippen molar-refractivity contribution in [2.45, 2.75) is 76.7 Å². The van der Waals surface area contributed by atoms with Gasteiger partial charge in [-0.15, -0.1) is 0 Å². The Morgan fingerprint density at radius 2 is 1.79 bits per heavy atom. The molecule has 0 spiro atoms. The van der Waals surface area contributed by atoms with Crippen molar-refractivity contribution in [3.05, 3.63) is 0 Å². The van der Waals surface area contributed by atoms with E-state index in [2.05, 4.69) is 15.1 Å². The van der Waals surface area contributed by atoms with Crippen molar-refractivity contribution in [1.82, 2.24) is 15.1 Å². The zero-order valence-corrected chi connectivity index (χ0v) is 15.5. The van der Waals surface area contributed by atoms with Crippen LogP contribution in [-0.2, 0) is 4.79 Å². The maximum Gasteiger partial charge on any atom is 0.223 e. The highest BCUT2D eigenvalue weighted by Crippen LogP contribution is 2.27. The van der Waals surface area contributed by atoms with Crippen LogP contribution in [0.25, 0.3) is 0 Å². The lowest BCUT2D eigenvalue weighted by molar-refractivity contribution is -0.135. The molecule has 3 aliphatic rings. The molecule has 0 aromatic rings. The van der Waals surface area contributed by atoms with E-state index in [1.54, 1.807) is 0 Å². The Balaban J connectivity index is 1.50. The summed E-state index contributed by atoms with van der Waals surface area (Å²) >= 11 is 0. The van der Waals surface area contributed by atoms with Gasteiger partial charge in [-0.05, 0) is 77.0 Å². The Morgan fingerprint density at radius 3 is 2.50 bits per heavy atom. The lowest BCUT2D eigenvalue weighted by Crippen LogP contribution is -2.49. The molecule has 2 heterocycles. The first kappa shape index (κ1) is 18.2. The average molecular weight is 336 g/mol. The molecule has 24 heavy (non-hydrogen) atoms. The minimum Gasteiger partial charge on any atom is -0.338 e. The predicted octanol–water partition coefficient (Wildman–Crippen LogP) is 3.02. The van der Waals surface area contributed by atoms with Gasteiger partial charge in [0.25, 0.3) is 0 Å². The molecule has 0 aromatic carbocycles. The fourth-order valence-electron chi connectivity index (χ4n) is 4.84. The Kier molecular flexibility index (Phi) is 7.40. The summed E-state index contributed by atoms with van der Waals surface area (Å²) in [7, 11) is 0. The number of nitrogens with zero attached hydrogens (tertiary/aromatic N) is 2. The molecule has 1 amide bonds. The molecule has 0 aromatic heterocycles. The molecule has 0 radical (unpaired) electrons. The summed E-state index contributed by atoms with van der Waals surface area (Å²) in [6.45, 7) is 6.79. The normalized spacial score (nSPS) is 26.6. The van der Waals surface area contributed by atoms with E-state index in [-0.39, 0.29) is 0 Å². The number of hydrogen-bond acceptors (Lipinski definition) is 3. The Morgan fingerprint density at radius 1 is 1.00 bits per heavy atom. The van der Waals surface area contributed by atoms with Crippen LogP contribution >= 0.6 is 0 Å². The van der Waals surface area contributed by atoms with Gasteiger partial charge in [-0.1, -0.05) is 19.3 Å². The van der Waals surface area contributed by atoms with E-state index in [4.69, 9.17) is 0 Å². The highest BCUT2D eigenvalue weighted by atomic mass is 16.2. The van der Waals surface area contributed by atoms with Crippen LogP contribution in [0.2, 0.25) is 0 Å². The van der Waals surface area contributed by atoms with Gasteiger partial charge in [0, 0.05) is 25.6 Å². The third-order valence-electron chi connectivity index (χ3n) is 6.29. The summed E-state index contributed by atoms with van der Waals surface area (Å²) < 4.78 is 0. The second-order valence-electron chi connectivity index (χ2n) is 8.20. The summed E-state index contributed by atoms with van der Waals surface area (Å²) in [5.74, 6) is 1.10. The van der Waals surface area contributed by atoms with E-state index in [1.165, 1.54) is 77.4 Å². The number of likely N-dealkylation sites (tertiary alicyclic amines) is 1. The van der Waals surface area contributed by atoms with E-state index in [0.717, 1.165) is 32.5 Å². The van der Waals surface area contributed by atoms with Crippen molar-refractivity contribution in [3.8, 4) is 0 Å². The summed E-state index contributed by atoms with van der Waals surface area (Å²) in [5, 5.41) is 3.50. The van der Waals surface area contributed by atoms with Crippen LogP contribution in [0, 0.1) is 5.92 Å². The maximum atomic E-state index is 13.0. The van der Waals surface area contributed by atoms with Crippen molar-refractivity contribution in [2.75, 3.05) is 39.3 Å². The van der Waals surface area contributed by atoms with E-state index in [1.807, 2.05) is 0 Å². The van der Waals surface area contributed by atoms with Crippen LogP contribution in [0.4, 0.5) is 0 Å². The van der Waals surface area contributed by atoms with Gasteiger partial charge < -0.3 is 15.1 Å². The molecule has 1 unspecified atom stereocenters. The molecule has 1 atom stereocenters. The van der Waals surface area contributed by atoms with Gasteiger partial charge in [-0.3, -0.25) is 4.79 Å². The molecule has 1 saturated carbocycles. The molecule has 1 aliphatic carbocycles. The Bertz CT molecular complexity index is 369. The topological polar surface area (TPSA) is 35.6 Å². The molecular weight excluding hydrogens is 298 g/mol. The lowest BCUT2D eigenvalue weighted by Gasteiger charge is -2.36. The molecule has 138 valence electrons. The van der Waals surface area contributed by atoms with Crippen LogP contribution in [0.3, 0.4) is 0 Å². The van der Waals surface area contributed by atoms with Gasteiger partial charge in [0.1, 0.15) is 0 Å². The van der Waals surface area contributed by atoms with Crippen LogP contribution in [0.15, 0.2) is 0 Å². The second kappa shape index (κ2) is 9.76. The van der Waals surface area contributed by atoms with Crippen LogP contribution in [0.5, 0.6) is 0 Å². The quantitative estimate of drug-likeness (QED) is 0.777. The van der Waals surface area contributed by atoms with E-state index in [9.17, 15) is 4.79 Å². The van der Waals surface area contributed by atoms with Gasteiger partial charge in [0.15, 0.2) is 0 Å². The predicted molar refractivity (Wildman–Crippen MR) is 99.1 cm³/mol. The van der Waals surface area contributed by atoms with Gasteiger partial charge in [0.05, 0.1) is 0 Å². The zero-order valence-electron chi connectivity index (χ0n) is 15.5. The number of amides is 1. The molecule has 1 N–H and O–H groups in total. The standard InChI is InChI=1S/C20H37N3O/c24-20(16-18-8-2-1-3-9-18)23(19-10-6-11-21-17-19)15-7-14-22-12-4-5-13-22/h18-19,21H,1-17H2. The summed E-state index contributed by atoms with van der Waals surface area (Å²) in [5.41, 5.74) is 0. The van der Waals surface area contributed by atoms with E-state index >= 15 is 0 Å². The number of piperidine rings is 1. The minimum absolute atomic E-state index is 0.438. The summed E-state index contributed by atoms with van der Waals surface area (Å²) in [4.78, 5) is 17.9. The second-order valence-corrected chi connectivity index (χ2v) is 8.20. The Hall–Kier alpha value is -0.610. The van der Waals surface area contributed by atoms with Crippen molar-refractivity contribution >= 4 is 5.91 Å². The van der Waals surface area contributed by atoms with Crippen LogP contribution < -0.4 is 5.32 Å². The number of hydrogen-bond donors (Lipinski definition) is 1. The summed E-state index contributed by atoms with van der Waals surface area (Å²) in [6, 6.07) is 0.438. The van der Waals surface area contributed by atoms with Crippen molar-refractivity contribution in [1.29, 1.82) is 0 Å². The highest BCUT2D eigenvalue weighted by molar-refractivity contribution is 5.76. The SMILES string of the molecule is O=C(CC1CCCCC1)N(CCCN1CCCC1)C1CCCNC1. The smallest absolute Gasteiger partial charge is 0.223 e. The van der Waals surface area contributed by atoms with E-state index < -0.39 is 0 Å². The van der Waals surface area contributed by atoms with Crippen molar-refractivity contribution < 1.29 is 4.79 Å².